The fourth-order valence-corrected chi connectivity index (χ4v) is 2.67. The summed E-state index contributed by atoms with van der Waals surface area (Å²) in [7, 11) is 0. The zero-order valence-corrected chi connectivity index (χ0v) is 12.1. The standard InChI is InChI=1S/C16H15N3O3/c1-10-2-5-14(19-18-10)17-15(20)16(6-7-16)11-3-4-12-13(8-11)22-9-21-12/h2-5,8H,6-7,9H2,1H3,(H,17,19,20). The van der Waals surface area contributed by atoms with E-state index in [0.717, 1.165) is 29.8 Å². The van der Waals surface area contributed by atoms with Crippen molar-refractivity contribution >= 4 is 11.7 Å². The van der Waals surface area contributed by atoms with Gasteiger partial charge in [0.25, 0.3) is 0 Å². The van der Waals surface area contributed by atoms with Crippen LogP contribution >= 0.6 is 0 Å². The van der Waals surface area contributed by atoms with Crippen molar-refractivity contribution in [3.63, 3.8) is 0 Å². The van der Waals surface area contributed by atoms with Crippen molar-refractivity contribution in [2.75, 3.05) is 12.1 Å². The van der Waals surface area contributed by atoms with Crippen LogP contribution in [0.2, 0.25) is 0 Å². The molecule has 6 heteroatoms. The molecule has 1 N–H and O–H groups in total. The van der Waals surface area contributed by atoms with Gasteiger partial charge in [0.1, 0.15) is 0 Å². The van der Waals surface area contributed by atoms with E-state index in [1.807, 2.05) is 31.2 Å². The first kappa shape index (κ1) is 13.1. The minimum absolute atomic E-state index is 0.0514. The summed E-state index contributed by atoms with van der Waals surface area (Å²) in [4.78, 5) is 12.6. The van der Waals surface area contributed by atoms with E-state index in [-0.39, 0.29) is 12.7 Å². The van der Waals surface area contributed by atoms with E-state index in [2.05, 4.69) is 15.5 Å². The number of nitrogens with one attached hydrogen (secondary N) is 1. The molecule has 2 aliphatic rings. The van der Waals surface area contributed by atoms with Crippen molar-refractivity contribution in [1.82, 2.24) is 10.2 Å². The number of anilines is 1. The molecule has 4 rings (SSSR count). The second kappa shape index (κ2) is 4.69. The average Bonchev–Trinajstić information content (AvgIpc) is 3.21. The maximum atomic E-state index is 12.6. The van der Waals surface area contributed by atoms with E-state index in [0.29, 0.717) is 11.6 Å². The van der Waals surface area contributed by atoms with Gasteiger partial charge in [0.2, 0.25) is 12.7 Å². The molecule has 1 aromatic carbocycles. The lowest BCUT2D eigenvalue weighted by atomic mass is 9.94. The van der Waals surface area contributed by atoms with Crippen LogP contribution in [0.15, 0.2) is 30.3 Å². The Kier molecular flexibility index (Phi) is 2.79. The molecule has 6 nitrogen and oxygen atoms in total. The highest BCUT2D eigenvalue weighted by Gasteiger charge is 2.51. The van der Waals surface area contributed by atoms with Crippen molar-refractivity contribution in [1.29, 1.82) is 0 Å². The summed E-state index contributed by atoms with van der Waals surface area (Å²) in [6.45, 7) is 2.09. The number of ether oxygens (including phenoxy) is 2. The summed E-state index contributed by atoms with van der Waals surface area (Å²) in [6.07, 6.45) is 1.63. The summed E-state index contributed by atoms with van der Waals surface area (Å²) < 4.78 is 10.7. The van der Waals surface area contributed by atoms with Crippen LogP contribution in [0.5, 0.6) is 11.5 Å². The number of benzene rings is 1. The number of hydrogen-bond donors (Lipinski definition) is 1. The Bertz CT molecular complexity index is 739. The summed E-state index contributed by atoms with van der Waals surface area (Å²) in [6, 6.07) is 9.27. The van der Waals surface area contributed by atoms with Gasteiger partial charge in [0, 0.05) is 0 Å². The Labute approximate surface area is 127 Å². The summed E-state index contributed by atoms with van der Waals surface area (Å²) in [5.41, 5.74) is 1.28. The number of fused-ring (bicyclic) bond motifs is 1. The largest absolute Gasteiger partial charge is 0.454 e. The van der Waals surface area contributed by atoms with Gasteiger partial charge in [-0.3, -0.25) is 4.79 Å². The van der Waals surface area contributed by atoms with Crippen LogP contribution in [-0.4, -0.2) is 22.9 Å². The first-order valence-corrected chi connectivity index (χ1v) is 7.19. The van der Waals surface area contributed by atoms with E-state index in [1.54, 1.807) is 6.07 Å². The number of nitrogens with zero attached hydrogens (tertiary/aromatic N) is 2. The molecule has 2 heterocycles. The first-order valence-electron chi connectivity index (χ1n) is 7.19. The predicted molar refractivity (Wildman–Crippen MR) is 78.9 cm³/mol. The van der Waals surface area contributed by atoms with Crippen molar-refractivity contribution < 1.29 is 14.3 Å². The Morgan fingerprint density at radius 3 is 2.68 bits per heavy atom. The summed E-state index contributed by atoms with van der Waals surface area (Å²) in [5, 5.41) is 10.8. The quantitative estimate of drug-likeness (QED) is 0.940. The van der Waals surface area contributed by atoms with Gasteiger partial charge in [-0.15, -0.1) is 5.10 Å². The molecule has 112 valence electrons. The highest BCUT2D eigenvalue weighted by molar-refractivity contribution is 6.00. The van der Waals surface area contributed by atoms with Crippen molar-refractivity contribution in [3.05, 3.63) is 41.6 Å². The number of amides is 1. The van der Waals surface area contributed by atoms with E-state index >= 15 is 0 Å². The Morgan fingerprint density at radius 1 is 1.14 bits per heavy atom. The lowest BCUT2D eigenvalue weighted by Crippen LogP contribution is -2.28. The predicted octanol–water partition coefficient (Wildman–Crippen LogP) is 2.18. The Balaban J connectivity index is 1.58. The van der Waals surface area contributed by atoms with E-state index in [1.165, 1.54) is 0 Å². The minimum Gasteiger partial charge on any atom is -0.454 e. The smallest absolute Gasteiger partial charge is 0.236 e. The summed E-state index contributed by atoms with van der Waals surface area (Å²) >= 11 is 0. The SMILES string of the molecule is Cc1ccc(NC(=O)C2(c3ccc4c(c3)OCO4)CC2)nn1. The van der Waals surface area contributed by atoms with Crippen LogP contribution in [0, 0.1) is 6.92 Å². The van der Waals surface area contributed by atoms with Crippen molar-refractivity contribution in [3.8, 4) is 11.5 Å². The molecule has 0 saturated heterocycles. The lowest BCUT2D eigenvalue weighted by molar-refractivity contribution is -0.118. The zero-order chi connectivity index (χ0) is 15.2. The molecular weight excluding hydrogens is 282 g/mol. The fraction of sp³-hybridized carbons (Fsp3) is 0.312. The lowest BCUT2D eigenvalue weighted by Gasteiger charge is -2.15. The third kappa shape index (κ3) is 2.07. The molecule has 1 aliphatic heterocycles. The maximum Gasteiger partial charge on any atom is 0.236 e. The van der Waals surface area contributed by atoms with Gasteiger partial charge in [-0.1, -0.05) is 6.07 Å². The molecule has 0 radical (unpaired) electrons. The third-order valence-corrected chi connectivity index (χ3v) is 4.15. The summed E-state index contributed by atoms with van der Waals surface area (Å²) in [5.74, 6) is 1.85. The van der Waals surface area contributed by atoms with Gasteiger partial charge in [0.05, 0.1) is 11.1 Å². The maximum absolute atomic E-state index is 12.6. The molecule has 1 amide bonds. The number of hydrogen-bond acceptors (Lipinski definition) is 5. The van der Waals surface area contributed by atoms with Crippen molar-refractivity contribution in [2.24, 2.45) is 0 Å². The van der Waals surface area contributed by atoms with Gasteiger partial charge < -0.3 is 14.8 Å². The second-order valence-corrected chi connectivity index (χ2v) is 5.66. The molecular formula is C16H15N3O3. The van der Waals surface area contributed by atoms with E-state index in [4.69, 9.17) is 9.47 Å². The highest BCUT2D eigenvalue weighted by Crippen LogP contribution is 2.51. The number of rotatable bonds is 3. The molecule has 0 bridgehead atoms. The van der Waals surface area contributed by atoms with Crippen LogP contribution in [0.1, 0.15) is 24.1 Å². The molecule has 0 unspecified atom stereocenters. The number of carbonyl (C=O) groups is 1. The van der Waals surface area contributed by atoms with Crippen LogP contribution in [0.4, 0.5) is 5.82 Å². The van der Waals surface area contributed by atoms with Gasteiger partial charge >= 0.3 is 0 Å². The van der Waals surface area contributed by atoms with E-state index < -0.39 is 5.41 Å². The Morgan fingerprint density at radius 2 is 1.95 bits per heavy atom. The second-order valence-electron chi connectivity index (χ2n) is 5.66. The first-order chi connectivity index (χ1) is 10.7. The third-order valence-electron chi connectivity index (χ3n) is 4.15. The minimum atomic E-state index is -0.493. The van der Waals surface area contributed by atoms with Gasteiger partial charge in [-0.2, -0.15) is 5.10 Å². The molecule has 22 heavy (non-hydrogen) atoms. The molecule has 1 fully saturated rings. The Hall–Kier alpha value is -2.63. The molecule has 0 atom stereocenters. The van der Waals surface area contributed by atoms with Gasteiger partial charge in [-0.05, 0) is 49.6 Å². The average molecular weight is 297 g/mol. The van der Waals surface area contributed by atoms with Crippen LogP contribution in [-0.2, 0) is 10.2 Å². The normalized spacial score (nSPS) is 17.1. The fourth-order valence-electron chi connectivity index (χ4n) is 2.67. The van der Waals surface area contributed by atoms with Gasteiger partial charge in [-0.25, -0.2) is 0 Å². The van der Waals surface area contributed by atoms with Crippen LogP contribution < -0.4 is 14.8 Å². The number of carbonyl (C=O) groups excluding carboxylic acids is 1. The topological polar surface area (TPSA) is 73.3 Å². The highest BCUT2D eigenvalue weighted by atomic mass is 16.7. The van der Waals surface area contributed by atoms with Gasteiger partial charge in [0.15, 0.2) is 17.3 Å². The number of aryl methyl sites for hydroxylation is 1. The van der Waals surface area contributed by atoms with E-state index in [9.17, 15) is 4.79 Å². The molecule has 1 saturated carbocycles. The van der Waals surface area contributed by atoms with Crippen LogP contribution in [0.25, 0.3) is 0 Å². The molecule has 2 aromatic rings. The van der Waals surface area contributed by atoms with Crippen molar-refractivity contribution in [2.45, 2.75) is 25.2 Å². The molecule has 1 aromatic heterocycles. The molecule has 0 spiro atoms. The zero-order valence-electron chi connectivity index (χ0n) is 12.1. The number of aromatic nitrogens is 2. The van der Waals surface area contributed by atoms with Crippen LogP contribution in [0.3, 0.4) is 0 Å². The monoisotopic (exact) mass is 297 g/mol. The molecule has 1 aliphatic carbocycles.